The van der Waals surface area contributed by atoms with Gasteiger partial charge in [0.25, 0.3) is 0 Å². The van der Waals surface area contributed by atoms with Gasteiger partial charge in [-0.3, -0.25) is 4.79 Å². The normalized spacial score (nSPS) is 12.5. The first-order chi connectivity index (χ1) is 9.43. The Kier molecular flexibility index (Phi) is 5.25. The van der Waals surface area contributed by atoms with E-state index >= 15 is 0 Å². The Morgan fingerprint density at radius 1 is 1.38 bits per heavy atom. The molecular weight excluding hydrogens is 314 g/mol. The quantitative estimate of drug-likeness (QED) is 0.816. The molecule has 0 heterocycles. The molecule has 0 atom stereocenters. The number of carbonyl (C=O) groups is 1. The van der Waals surface area contributed by atoms with E-state index in [1.807, 2.05) is 20.8 Å². The van der Waals surface area contributed by atoms with E-state index in [4.69, 9.17) is 17.3 Å². The van der Waals surface area contributed by atoms with Gasteiger partial charge in [-0.05, 0) is 39.0 Å². The summed E-state index contributed by atoms with van der Waals surface area (Å²) in [6.07, 6.45) is 0. The van der Waals surface area contributed by atoms with Crippen molar-refractivity contribution in [2.45, 2.75) is 31.2 Å². The summed E-state index contributed by atoms with van der Waals surface area (Å²) in [5.74, 6) is -0.388. The highest BCUT2D eigenvalue weighted by atomic mass is 35.5. The maximum absolute atomic E-state index is 12.4. The van der Waals surface area contributed by atoms with Crippen molar-refractivity contribution in [2.24, 2.45) is 0 Å². The molecule has 1 amide bonds. The van der Waals surface area contributed by atoms with Crippen molar-refractivity contribution in [1.82, 2.24) is 9.62 Å². The van der Waals surface area contributed by atoms with Crippen LogP contribution in [0, 0.1) is 0 Å². The van der Waals surface area contributed by atoms with Crippen LogP contribution in [0.15, 0.2) is 23.1 Å². The molecule has 0 aliphatic rings. The fraction of sp³-hybridized carbons (Fsp3) is 0.462. The molecule has 0 spiro atoms. The number of carbonyl (C=O) groups excluding carboxylic acids is 1. The smallest absolute Gasteiger partial charge is 0.245 e. The molecule has 8 heteroatoms. The third-order valence-electron chi connectivity index (χ3n) is 2.54. The van der Waals surface area contributed by atoms with Crippen LogP contribution in [0.1, 0.15) is 20.8 Å². The minimum absolute atomic E-state index is 0.0468. The van der Waals surface area contributed by atoms with Crippen LogP contribution in [0.2, 0.25) is 5.02 Å². The number of nitrogens with zero attached hydrogens (tertiary/aromatic N) is 1. The molecule has 0 aliphatic heterocycles. The zero-order valence-corrected chi connectivity index (χ0v) is 14.0. The molecule has 0 aromatic heterocycles. The van der Waals surface area contributed by atoms with Gasteiger partial charge in [0, 0.05) is 17.6 Å². The molecule has 1 aromatic carbocycles. The van der Waals surface area contributed by atoms with Crippen molar-refractivity contribution in [2.75, 3.05) is 19.3 Å². The van der Waals surface area contributed by atoms with E-state index in [9.17, 15) is 13.2 Å². The summed E-state index contributed by atoms with van der Waals surface area (Å²) in [5.41, 5.74) is 5.30. The molecule has 0 bridgehead atoms. The number of amides is 1. The molecule has 1 rings (SSSR count). The first-order valence-electron chi connectivity index (χ1n) is 6.26. The number of benzene rings is 1. The van der Waals surface area contributed by atoms with Gasteiger partial charge in [0.2, 0.25) is 15.9 Å². The van der Waals surface area contributed by atoms with E-state index in [0.717, 1.165) is 4.31 Å². The molecule has 0 unspecified atom stereocenters. The number of likely N-dealkylation sites (N-methyl/N-ethyl adjacent to an activating group) is 1. The first-order valence-corrected chi connectivity index (χ1v) is 8.07. The number of hydrogen-bond donors (Lipinski definition) is 2. The molecule has 0 aliphatic carbocycles. The summed E-state index contributed by atoms with van der Waals surface area (Å²) in [5, 5.41) is 3.05. The van der Waals surface area contributed by atoms with E-state index in [1.54, 1.807) is 0 Å². The highest BCUT2D eigenvalue weighted by Gasteiger charge is 2.26. The van der Waals surface area contributed by atoms with E-state index in [0.29, 0.717) is 5.02 Å². The number of rotatable bonds is 4. The van der Waals surface area contributed by atoms with Gasteiger partial charge in [0.05, 0.1) is 12.2 Å². The third kappa shape index (κ3) is 4.87. The Morgan fingerprint density at radius 2 is 1.95 bits per heavy atom. The zero-order chi connectivity index (χ0) is 16.4. The molecule has 21 heavy (non-hydrogen) atoms. The Hall–Kier alpha value is -1.31. The lowest BCUT2D eigenvalue weighted by Gasteiger charge is -2.23. The summed E-state index contributed by atoms with van der Waals surface area (Å²) >= 11 is 5.75. The average Bonchev–Trinajstić information content (AvgIpc) is 2.25. The lowest BCUT2D eigenvalue weighted by molar-refractivity contribution is -0.122. The number of halogens is 1. The number of anilines is 1. The van der Waals surface area contributed by atoms with Gasteiger partial charge in [0.1, 0.15) is 4.90 Å². The van der Waals surface area contributed by atoms with Crippen LogP contribution in [-0.2, 0) is 14.8 Å². The number of nitrogens with one attached hydrogen (secondary N) is 1. The lowest BCUT2D eigenvalue weighted by Crippen LogP contribution is -2.46. The van der Waals surface area contributed by atoms with Gasteiger partial charge < -0.3 is 11.1 Å². The topological polar surface area (TPSA) is 92.5 Å². The largest absolute Gasteiger partial charge is 0.398 e. The number of nitrogen functional groups attached to an aromatic ring is 1. The summed E-state index contributed by atoms with van der Waals surface area (Å²) < 4.78 is 25.7. The minimum atomic E-state index is -3.85. The van der Waals surface area contributed by atoms with Crippen molar-refractivity contribution in [3.8, 4) is 0 Å². The molecule has 118 valence electrons. The molecule has 1 aromatic rings. The maximum Gasteiger partial charge on any atom is 0.245 e. The summed E-state index contributed by atoms with van der Waals surface area (Å²) in [7, 11) is -2.52. The predicted molar refractivity (Wildman–Crippen MR) is 83.6 cm³/mol. The van der Waals surface area contributed by atoms with Crippen molar-refractivity contribution in [3.63, 3.8) is 0 Å². The van der Waals surface area contributed by atoms with Crippen molar-refractivity contribution in [1.29, 1.82) is 0 Å². The van der Waals surface area contributed by atoms with Gasteiger partial charge >= 0.3 is 0 Å². The van der Waals surface area contributed by atoms with Gasteiger partial charge in [-0.1, -0.05) is 11.6 Å². The Balaban J connectivity index is 2.95. The molecule has 0 saturated carbocycles. The molecule has 0 saturated heterocycles. The van der Waals surface area contributed by atoms with E-state index in [1.165, 1.54) is 25.2 Å². The van der Waals surface area contributed by atoms with Crippen LogP contribution in [0.25, 0.3) is 0 Å². The second-order valence-electron chi connectivity index (χ2n) is 5.74. The SMILES string of the molecule is CN(CC(=O)NC(C)(C)C)S(=O)(=O)c1ccc(Cl)cc1N. The highest BCUT2D eigenvalue weighted by molar-refractivity contribution is 7.89. The Bertz CT molecular complexity index is 639. The minimum Gasteiger partial charge on any atom is -0.398 e. The highest BCUT2D eigenvalue weighted by Crippen LogP contribution is 2.24. The summed E-state index contributed by atoms with van der Waals surface area (Å²) in [4.78, 5) is 11.7. The fourth-order valence-corrected chi connectivity index (χ4v) is 3.07. The number of hydrogen-bond acceptors (Lipinski definition) is 4. The number of sulfonamides is 1. The monoisotopic (exact) mass is 333 g/mol. The fourth-order valence-electron chi connectivity index (χ4n) is 1.67. The summed E-state index contributed by atoms with van der Waals surface area (Å²) in [6, 6.07) is 4.12. The Labute approximate surface area is 130 Å². The second kappa shape index (κ2) is 6.21. The zero-order valence-electron chi connectivity index (χ0n) is 12.5. The van der Waals surface area contributed by atoms with E-state index < -0.39 is 15.6 Å². The predicted octanol–water partition coefficient (Wildman–Crippen LogP) is 1.46. The average molecular weight is 334 g/mol. The van der Waals surface area contributed by atoms with Crippen molar-refractivity contribution >= 4 is 33.2 Å². The van der Waals surface area contributed by atoms with Gasteiger partial charge in [-0.25, -0.2) is 8.42 Å². The molecular formula is C13H20ClN3O3S. The first kappa shape index (κ1) is 17.7. The Morgan fingerprint density at radius 3 is 2.43 bits per heavy atom. The maximum atomic E-state index is 12.4. The molecule has 0 radical (unpaired) electrons. The standard InChI is InChI=1S/C13H20ClN3O3S/c1-13(2,3)16-12(18)8-17(4)21(19,20)11-6-5-9(14)7-10(11)15/h5-7H,8,15H2,1-4H3,(H,16,18). The van der Waals surface area contributed by atoms with Crippen LogP contribution in [-0.4, -0.2) is 37.8 Å². The second-order valence-corrected chi connectivity index (χ2v) is 8.19. The molecule has 0 fully saturated rings. The third-order valence-corrected chi connectivity index (χ3v) is 4.65. The molecule has 3 N–H and O–H groups in total. The van der Waals surface area contributed by atoms with Crippen LogP contribution < -0.4 is 11.1 Å². The van der Waals surface area contributed by atoms with E-state index in [-0.39, 0.29) is 23.0 Å². The van der Waals surface area contributed by atoms with Crippen molar-refractivity contribution in [3.05, 3.63) is 23.2 Å². The van der Waals surface area contributed by atoms with Gasteiger partial charge in [0.15, 0.2) is 0 Å². The van der Waals surface area contributed by atoms with Crippen LogP contribution in [0.3, 0.4) is 0 Å². The number of nitrogens with two attached hydrogens (primary N) is 1. The lowest BCUT2D eigenvalue weighted by atomic mass is 10.1. The van der Waals surface area contributed by atoms with E-state index in [2.05, 4.69) is 5.32 Å². The van der Waals surface area contributed by atoms with Crippen LogP contribution in [0.5, 0.6) is 0 Å². The van der Waals surface area contributed by atoms with Gasteiger partial charge in [-0.2, -0.15) is 4.31 Å². The molecule has 6 nitrogen and oxygen atoms in total. The van der Waals surface area contributed by atoms with Crippen LogP contribution in [0.4, 0.5) is 5.69 Å². The summed E-state index contributed by atoms with van der Waals surface area (Å²) in [6.45, 7) is 5.16. The van der Waals surface area contributed by atoms with Gasteiger partial charge in [-0.15, -0.1) is 0 Å². The van der Waals surface area contributed by atoms with Crippen molar-refractivity contribution < 1.29 is 13.2 Å². The van der Waals surface area contributed by atoms with Crippen LogP contribution >= 0.6 is 11.6 Å².